The lowest BCUT2D eigenvalue weighted by Crippen LogP contribution is -2.30. The predicted octanol–water partition coefficient (Wildman–Crippen LogP) is 3.39. The zero-order chi connectivity index (χ0) is 21.9. The van der Waals surface area contributed by atoms with Crippen molar-refractivity contribution in [2.75, 3.05) is 19.4 Å². The van der Waals surface area contributed by atoms with Crippen molar-refractivity contribution >= 4 is 39.2 Å². The molecule has 0 bridgehead atoms. The number of ether oxygens (including phenoxy) is 1. The highest BCUT2D eigenvalue weighted by Crippen LogP contribution is 2.23. The molecule has 0 radical (unpaired) electrons. The molecule has 0 aliphatic rings. The minimum Gasteiger partial charge on any atom is -0.449 e. The Morgan fingerprint density at radius 3 is 2.38 bits per heavy atom. The summed E-state index contributed by atoms with van der Waals surface area (Å²) in [6.45, 7) is 5.17. The van der Waals surface area contributed by atoms with Crippen molar-refractivity contribution < 1.29 is 22.7 Å². The lowest BCUT2D eigenvalue weighted by molar-refractivity contribution is -0.123. The number of nitrogens with one attached hydrogen (secondary N) is 1. The van der Waals surface area contributed by atoms with Crippen molar-refractivity contribution in [1.29, 1.82) is 0 Å². The van der Waals surface area contributed by atoms with Gasteiger partial charge in [-0.25, -0.2) is 17.5 Å². The number of hydrogen-bond donors (Lipinski definition) is 1. The summed E-state index contributed by atoms with van der Waals surface area (Å²) >= 11 is 6.04. The minimum atomic E-state index is -3.76. The second-order valence-corrected chi connectivity index (χ2v) is 9.34. The molecule has 0 spiro atoms. The van der Waals surface area contributed by atoms with Gasteiger partial charge in [-0.1, -0.05) is 23.7 Å². The number of benzene rings is 2. The van der Waals surface area contributed by atoms with Crippen LogP contribution in [0, 0.1) is 13.8 Å². The molecule has 0 heterocycles. The molecule has 2 aromatic rings. The molecule has 0 saturated heterocycles. The van der Waals surface area contributed by atoms with Gasteiger partial charge >= 0.3 is 5.97 Å². The Balaban J connectivity index is 2.19. The number of hydrogen-bond acceptors (Lipinski definition) is 5. The van der Waals surface area contributed by atoms with Gasteiger partial charge in [0.15, 0.2) is 6.10 Å². The van der Waals surface area contributed by atoms with Crippen LogP contribution in [0.4, 0.5) is 5.69 Å². The summed E-state index contributed by atoms with van der Waals surface area (Å²) in [5.41, 5.74) is 2.32. The van der Waals surface area contributed by atoms with Gasteiger partial charge in [0.2, 0.25) is 10.0 Å². The third-order valence-electron chi connectivity index (χ3n) is 4.24. The first-order valence-electron chi connectivity index (χ1n) is 8.74. The van der Waals surface area contributed by atoms with E-state index in [4.69, 9.17) is 16.3 Å². The van der Waals surface area contributed by atoms with Gasteiger partial charge in [0.05, 0.1) is 15.5 Å². The van der Waals surface area contributed by atoms with Gasteiger partial charge in [-0.05, 0) is 56.2 Å². The Labute approximate surface area is 175 Å². The molecule has 1 atom stereocenters. The van der Waals surface area contributed by atoms with Crippen LogP contribution in [0.3, 0.4) is 0 Å². The third kappa shape index (κ3) is 5.35. The standard InChI is InChI=1S/C20H23ClN2O5S/c1-12-6-7-13(2)18(10-12)22-19(24)14(3)28-20(25)16-11-15(8-9-17(16)21)29(26,27)23(4)5/h6-11,14H,1-5H3,(H,22,24). The van der Waals surface area contributed by atoms with E-state index in [0.29, 0.717) is 5.69 Å². The molecule has 9 heteroatoms. The number of esters is 1. The molecule has 1 N–H and O–H groups in total. The number of halogens is 1. The fraction of sp³-hybridized carbons (Fsp3) is 0.300. The summed E-state index contributed by atoms with van der Waals surface area (Å²) < 4.78 is 30.8. The molecule has 1 unspecified atom stereocenters. The number of rotatable bonds is 6. The van der Waals surface area contributed by atoms with E-state index in [-0.39, 0.29) is 15.5 Å². The molecule has 1 amide bonds. The zero-order valence-corrected chi connectivity index (χ0v) is 18.4. The summed E-state index contributed by atoms with van der Waals surface area (Å²) in [6.07, 6.45) is -1.12. The van der Waals surface area contributed by atoms with Gasteiger partial charge in [-0.2, -0.15) is 0 Å². The number of aryl methyl sites for hydroxylation is 2. The molecule has 2 rings (SSSR count). The third-order valence-corrected chi connectivity index (χ3v) is 6.38. The molecule has 0 aliphatic heterocycles. The maximum Gasteiger partial charge on any atom is 0.340 e. The van der Waals surface area contributed by atoms with Crippen molar-refractivity contribution in [3.05, 3.63) is 58.1 Å². The number of sulfonamides is 1. The molecule has 0 saturated carbocycles. The van der Waals surface area contributed by atoms with Crippen LogP contribution in [0.25, 0.3) is 0 Å². The average molecular weight is 439 g/mol. The lowest BCUT2D eigenvalue weighted by Gasteiger charge is -2.16. The van der Waals surface area contributed by atoms with Crippen LogP contribution in [0.15, 0.2) is 41.3 Å². The van der Waals surface area contributed by atoms with Crippen molar-refractivity contribution in [2.24, 2.45) is 0 Å². The number of carbonyl (C=O) groups is 2. The first-order valence-corrected chi connectivity index (χ1v) is 10.6. The van der Waals surface area contributed by atoms with E-state index in [1.165, 1.54) is 33.2 Å². The van der Waals surface area contributed by atoms with Crippen LogP contribution in [-0.2, 0) is 19.6 Å². The molecule has 0 aliphatic carbocycles. The van der Waals surface area contributed by atoms with E-state index < -0.39 is 28.0 Å². The molecule has 0 fully saturated rings. The molecule has 7 nitrogen and oxygen atoms in total. The highest BCUT2D eigenvalue weighted by atomic mass is 35.5. The maximum atomic E-state index is 12.5. The van der Waals surface area contributed by atoms with Crippen LogP contribution < -0.4 is 5.32 Å². The second kappa shape index (κ2) is 8.94. The fourth-order valence-corrected chi connectivity index (χ4v) is 3.54. The van der Waals surface area contributed by atoms with Crippen LogP contribution >= 0.6 is 11.6 Å². The van der Waals surface area contributed by atoms with Crippen molar-refractivity contribution in [3.63, 3.8) is 0 Å². The second-order valence-electron chi connectivity index (χ2n) is 6.78. The van der Waals surface area contributed by atoms with Crippen LogP contribution in [0.5, 0.6) is 0 Å². The Morgan fingerprint density at radius 2 is 1.76 bits per heavy atom. The van der Waals surface area contributed by atoms with Crippen molar-refractivity contribution in [3.8, 4) is 0 Å². The summed E-state index contributed by atoms with van der Waals surface area (Å²) in [7, 11) is -1.00. The largest absolute Gasteiger partial charge is 0.449 e. The first kappa shape index (κ1) is 22.9. The van der Waals surface area contributed by atoms with E-state index in [1.54, 1.807) is 0 Å². The predicted molar refractivity (Wildman–Crippen MR) is 112 cm³/mol. The number of anilines is 1. The molecule has 156 valence electrons. The van der Waals surface area contributed by atoms with E-state index in [0.717, 1.165) is 21.5 Å². The topological polar surface area (TPSA) is 92.8 Å². The molecular formula is C20H23ClN2O5S. The molecule has 29 heavy (non-hydrogen) atoms. The Kier molecular flexibility index (Phi) is 7.05. The van der Waals surface area contributed by atoms with E-state index in [1.807, 2.05) is 32.0 Å². The van der Waals surface area contributed by atoms with Gasteiger partial charge in [0, 0.05) is 19.8 Å². The van der Waals surface area contributed by atoms with E-state index in [9.17, 15) is 18.0 Å². The fourth-order valence-electron chi connectivity index (χ4n) is 2.41. The Bertz CT molecular complexity index is 1050. The van der Waals surface area contributed by atoms with Crippen LogP contribution in [0.2, 0.25) is 5.02 Å². The van der Waals surface area contributed by atoms with Crippen LogP contribution in [0.1, 0.15) is 28.4 Å². The quantitative estimate of drug-likeness (QED) is 0.698. The summed E-state index contributed by atoms with van der Waals surface area (Å²) in [6, 6.07) is 9.34. The highest BCUT2D eigenvalue weighted by Gasteiger charge is 2.24. The van der Waals surface area contributed by atoms with E-state index >= 15 is 0 Å². The number of nitrogens with zero attached hydrogens (tertiary/aromatic N) is 1. The number of amides is 1. The zero-order valence-electron chi connectivity index (χ0n) is 16.8. The molecular weight excluding hydrogens is 416 g/mol. The monoisotopic (exact) mass is 438 g/mol. The Hall–Kier alpha value is -2.42. The summed E-state index contributed by atoms with van der Waals surface area (Å²) in [4.78, 5) is 24.8. The summed E-state index contributed by atoms with van der Waals surface area (Å²) in [5, 5.41) is 2.74. The summed E-state index contributed by atoms with van der Waals surface area (Å²) in [5.74, 6) is -1.41. The molecule has 2 aromatic carbocycles. The normalized spacial score (nSPS) is 12.5. The van der Waals surface area contributed by atoms with Gasteiger partial charge in [0.1, 0.15) is 0 Å². The van der Waals surface area contributed by atoms with Gasteiger partial charge in [-0.3, -0.25) is 4.79 Å². The van der Waals surface area contributed by atoms with Crippen molar-refractivity contribution in [2.45, 2.75) is 31.8 Å². The number of carbonyl (C=O) groups excluding carboxylic acids is 2. The first-order chi connectivity index (χ1) is 13.4. The van der Waals surface area contributed by atoms with Gasteiger partial charge in [0.25, 0.3) is 5.91 Å². The maximum absolute atomic E-state index is 12.5. The van der Waals surface area contributed by atoms with E-state index in [2.05, 4.69) is 5.32 Å². The smallest absolute Gasteiger partial charge is 0.340 e. The highest BCUT2D eigenvalue weighted by molar-refractivity contribution is 7.89. The molecule has 0 aromatic heterocycles. The Morgan fingerprint density at radius 1 is 1.10 bits per heavy atom. The van der Waals surface area contributed by atoms with Gasteiger partial charge < -0.3 is 10.1 Å². The van der Waals surface area contributed by atoms with Crippen LogP contribution in [-0.4, -0.2) is 44.8 Å². The average Bonchev–Trinajstić information content (AvgIpc) is 2.64. The van der Waals surface area contributed by atoms with Crippen molar-refractivity contribution in [1.82, 2.24) is 4.31 Å². The minimum absolute atomic E-state index is 0.0230. The lowest BCUT2D eigenvalue weighted by atomic mass is 10.1. The van der Waals surface area contributed by atoms with Gasteiger partial charge in [-0.15, -0.1) is 0 Å². The SMILES string of the molecule is Cc1ccc(C)c(NC(=O)C(C)OC(=O)c2cc(S(=O)(=O)N(C)C)ccc2Cl)c1.